The summed E-state index contributed by atoms with van der Waals surface area (Å²) < 4.78 is 32.3. The topological polar surface area (TPSA) is 96.0 Å². The number of nitrogens with zero attached hydrogens (tertiary/aromatic N) is 2. The first kappa shape index (κ1) is 23.2. The molecule has 9 heteroatoms. The molecule has 1 fully saturated rings. The number of ether oxygens (including phenoxy) is 1. The number of carbonyl (C=O) groups excluding carboxylic acids is 2. The van der Waals surface area contributed by atoms with Crippen LogP contribution in [0.2, 0.25) is 0 Å². The minimum atomic E-state index is -3.71. The van der Waals surface area contributed by atoms with E-state index in [2.05, 4.69) is 5.32 Å². The van der Waals surface area contributed by atoms with E-state index in [-0.39, 0.29) is 16.4 Å². The van der Waals surface area contributed by atoms with Crippen molar-refractivity contribution in [3.8, 4) is 0 Å². The fourth-order valence-electron chi connectivity index (χ4n) is 3.31. The Labute approximate surface area is 173 Å². The van der Waals surface area contributed by atoms with E-state index < -0.39 is 22.6 Å². The molecule has 0 unspecified atom stereocenters. The molecule has 0 radical (unpaired) electrons. The van der Waals surface area contributed by atoms with E-state index in [1.807, 2.05) is 11.8 Å². The Balaban J connectivity index is 2.33. The zero-order valence-corrected chi connectivity index (χ0v) is 18.3. The highest BCUT2D eigenvalue weighted by molar-refractivity contribution is 7.89. The van der Waals surface area contributed by atoms with Crippen molar-refractivity contribution in [2.24, 2.45) is 0 Å². The maximum absolute atomic E-state index is 12.9. The molecule has 1 saturated heterocycles. The molecule has 0 spiro atoms. The third-order valence-electron chi connectivity index (χ3n) is 4.88. The van der Waals surface area contributed by atoms with Crippen LogP contribution in [0.15, 0.2) is 23.1 Å². The van der Waals surface area contributed by atoms with Crippen molar-refractivity contribution in [3.63, 3.8) is 0 Å². The number of hydrogen-bond donors (Lipinski definition) is 1. The van der Waals surface area contributed by atoms with Gasteiger partial charge in [0, 0.05) is 32.7 Å². The Kier molecular flexibility index (Phi) is 8.45. The van der Waals surface area contributed by atoms with E-state index in [4.69, 9.17) is 4.74 Å². The van der Waals surface area contributed by atoms with Crippen LogP contribution in [0.25, 0.3) is 0 Å². The van der Waals surface area contributed by atoms with Gasteiger partial charge < -0.3 is 15.0 Å². The van der Waals surface area contributed by atoms with Gasteiger partial charge in [-0.2, -0.15) is 4.31 Å². The molecule has 1 N–H and O–H groups in total. The number of nitrogens with one attached hydrogen (secondary N) is 1. The predicted molar refractivity (Wildman–Crippen MR) is 112 cm³/mol. The van der Waals surface area contributed by atoms with Crippen LogP contribution < -0.4 is 10.2 Å². The summed E-state index contributed by atoms with van der Waals surface area (Å²) in [4.78, 5) is 26.6. The van der Waals surface area contributed by atoms with E-state index in [1.54, 1.807) is 19.9 Å². The predicted octanol–water partition coefficient (Wildman–Crippen LogP) is 2.00. The summed E-state index contributed by atoms with van der Waals surface area (Å²) in [5, 5.41) is 2.65. The molecular weight excluding hydrogens is 394 g/mol. The van der Waals surface area contributed by atoms with Gasteiger partial charge in [-0.05, 0) is 37.5 Å². The quantitative estimate of drug-likeness (QED) is 0.576. The van der Waals surface area contributed by atoms with Crippen LogP contribution in [0.1, 0.15) is 50.4 Å². The van der Waals surface area contributed by atoms with Crippen molar-refractivity contribution < 1.29 is 22.7 Å². The summed E-state index contributed by atoms with van der Waals surface area (Å²) in [6.07, 6.45) is 2.80. The molecule has 0 aliphatic carbocycles. The largest absolute Gasteiger partial charge is 0.452 e. The summed E-state index contributed by atoms with van der Waals surface area (Å²) in [5.41, 5.74) is 0.809. The zero-order valence-electron chi connectivity index (χ0n) is 17.4. The minimum Gasteiger partial charge on any atom is -0.452 e. The van der Waals surface area contributed by atoms with Gasteiger partial charge in [-0.25, -0.2) is 13.2 Å². The van der Waals surface area contributed by atoms with Crippen LogP contribution in [-0.2, 0) is 19.6 Å². The Morgan fingerprint density at radius 2 is 1.79 bits per heavy atom. The molecule has 162 valence electrons. The lowest BCUT2D eigenvalue weighted by atomic mass is 10.1. The number of anilines is 1. The van der Waals surface area contributed by atoms with Crippen LogP contribution >= 0.6 is 0 Å². The van der Waals surface area contributed by atoms with E-state index in [0.29, 0.717) is 25.3 Å². The van der Waals surface area contributed by atoms with Crippen LogP contribution in [0.5, 0.6) is 0 Å². The first-order valence-corrected chi connectivity index (χ1v) is 11.6. The second kappa shape index (κ2) is 10.6. The summed E-state index contributed by atoms with van der Waals surface area (Å²) in [6.45, 7) is 7.83. The number of sulfonamides is 1. The van der Waals surface area contributed by atoms with E-state index in [9.17, 15) is 18.0 Å². The van der Waals surface area contributed by atoms with E-state index in [0.717, 1.165) is 32.4 Å². The summed E-state index contributed by atoms with van der Waals surface area (Å²) >= 11 is 0. The number of carbonyl (C=O) groups is 2. The molecule has 0 atom stereocenters. The van der Waals surface area contributed by atoms with Crippen LogP contribution in [0, 0.1) is 0 Å². The van der Waals surface area contributed by atoms with Gasteiger partial charge in [0.15, 0.2) is 6.61 Å². The molecule has 0 bridgehead atoms. The monoisotopic (exact) mass is 425 g/mol. The molecule has 1 amide bonds. The Bertz CT molecular complexity index is 815. The van der Waals surface area contributed by atoms with Crippen molar-refractivity contribution in [2.45, 2.75) is 44.9 Å². The van der Waals surface area contributed by atoms with Crippen molar-refractivity contribution in [1.82, 2.24) is 9.62 Å². The highest BCUT2D eigenvalue weighted by atomic mass is 32.2. The van der Waals surface area contributed by atoms with Gasteiger partial charge in [-0.1, -0.05) is 20.8 Å². The number of benzene rings is 1. The normalized spacial score (nSPS) is 14.3. The third kappa shape index (κ3) is 5.70. The van der Waals surface area contributed by atoms with Crippen molar-refractivity contribution in [1.29, 1.82) is 0 Å². The lowest BCUT2D eigenvalue weighted by Crippen LogP contribution is -2.31. The number of hydrogen-bond acceptors (Lipinski definition) is 6. The molecule has 0 aromatic heterocycles. The van der Waals surface area contributed by atoms with Crippen molar-refractivity contribution >= 4 is 27.6 Å². The minimum absolute atomic E-state index is 0.0477. The van der Waals surface area contributed by atoms with Gasteiger partial charge in [-0.15, -0.1) is 0 Å². The Hall–Kier alpha value is -2.13. The highest BCUT2D eigenvalue weighted by Crippen LogP contribution is 2.29. The molecule has 2 rings (SSSR count). The lowest BCUT2D eigenvalue weighted by Gasteiger charge is -2.23. The summed E-state index contributed by atoms with van der Waals surface area (Å²) in [7, 11) is -3.71. The number of esters is 1. The second-order valence-corrected chi connectivity index (χ2v) is 8.83. The van der Waals surface area contributed by atoms with Gasteiger partial charge in [0.2, 0.25) is 10.0 Å². The van der Waals surface area contributed by atoms with Gasteiger partial charge in [-0.3, -0.25) is 4.79 Å². The standard InChI is InChI=1S/C20H31N3O5S/c1-4-11-21-19(24)15-28-20(25)17-14-16(29(26,27)23(5-2)6-3)9-10-18(17)22-12-7-8-13-22/h9-10,14H,4-8,11-13,15H2,1-3H3,(H,21,24). The lowest BCUT2D eigenvalue weighted by molar-refractivity contribution is -0.124. The molecule has 29 heavy (non-hydrogen) atoms. The van der Waals surface area contributed by atoms with E-state index >= 15 is 0 Å². The van der Waals surface area contributed by atoms with Crippen molar-refractivity contribution in [2.75, 3.05) is 44.2 Å². The molecule has 1 aliphatic heterocycles. The maximum atomic E-state index is 12.9. The van der Waals surface area contributed by atoms with Gasteiger partial charge in [0.05, 0.1) is 16.1 Å². The third-order valence-corrected chi connectivity index (χ3v) is 6.93. The highest BCUT2D eigenvalue weighted by Gasteiger charge is 2.27. The molecule has 1 aromatic carbocycles. The summed E-state index contributed by atoms with van der Waals surface area (Å²) in [5.74, 6) is -1.08. The van der Waals surface area contributed by atoms with Crippen LogP contribution in [-0.4, -0.2) is 63.9 Å². The van der Waals surface area contributed by atoms with Crippen LogP contribution in [0.4, 0.5) is 5.69 Å². The average Bonchev–Trinajstić information content (AvgIpc) is 3.25. The summed E-state index contributed by atoms with van der Waals surface area (Å²) in [6, 6.07) is 4.56. The van der Waals surface area contributed by atoms with Gasteiger partial charge >= 0.3 is 5.97 Å². The first-order valence-electron chi connectivity index (χ1n) is 10.2. The van der Waals surface area contributed by atoms with Gasteiger partial charge in [0.25, 0.3) is 5.91 Å². The molecule has 1 heterocycles. The second-order valence-electron chi connectivity index (χ2n) is 6.89. The fourth-order valence-corrected chi connectivity index (χ4v) is 4.79. The Morgan fingerprint density at radius 1 is 1.14 bits per heavy atom. The molecule has 0 saturated carbocycles. The molecule has 1 aromatic rings. The van der Waals surface area contributed by atoms with E-state index in [1.165, 1.54) is 16.4 Å². The average molecular weight is 426 g/mol. The van der Waals surface area contributed by atoms with Gasteiger partial charge in [0.1, 0.15) is 0 Å². The molecule has 8 nitrogen and oxygen atoms in total. The fraction of sp³-hybridized carbons (Fsp3) is 0.600. The number of rotatable bonds is 10. The smallest absolute Gasteiger partial charge is 0.340 e. The zero-order chi connectivity index (χ0) is 21.4. The SMILES string of the molecule is CCCNC(=O)COC(=O)c1cc(S(=O)(=O)N(CC)CC)ccc1N1CCCC1. The molecule has 1 aliphatic rings. The number of amides is 1. The molecular formula is C20H31N3O5S. The van der Waals surface area contributed by atoms with Crippen LogP contribution in [0.3, 0.4) is 0 Å². The van der Waals surface area contributed by atoms with Crippen molar-refractivity contribution in [3.05, 3.63) is 23.8 Å². The first-order chi connectivity index (χ1) is 13.8. The maximum Gasteiger partial charge on any atom is 0.340 e. The Morgan fingerprint density at radius 3 is 2.38 bits per heavy atom.